The Bertz CT molecular complexity index is 431. The largest absolute Gasteiger partial charge is 0.345 e. The number of hydrogen-bond donors (Lipinski definition) is 0. The fourth-order valence-electron chi connectivity index (χ4n) is 0.792. The molecule has 0 fully saturated rings. The third-order valence-corrected chi connectivity index (χ3v) is 1.93. The van der Waals surface area contributed by atoms with E-state index in [2.05, 4.69) is 0 Å². The first-order chi connectivity index (χ1) is 6.45. The van der Waals surface area contributed by atoms with E-state index in [4.69, 9.17) is 0 Å². The second-order valence-corrected chi connectivity index (χ2v) is 5.20. The Labute approximate surface area is 83.8 Å². The molecule has 0 aliphatic carbocycles. The summed E-state index contributed by atoms with van der Waals surface area (Å²) in [6, 6.07) is 5.50. The van der Waals surface area contributed by atoms with E-state index in [0.717, 1.165) is 5.56 Å². The molecule has 15 heavy (non-hydrogen) atoms. The lowest BCUT2D eigenvalue weighted by atomic mass is 10.2. The van der Waals surface area contributed by atoms with Crippen LogP contribution < -0.4 is 0 Å². The summed E-state index contributed by atoms with van der Waals surface area (Å²) in [5.41, 5.74) is 0.724. The summed E-state index contributed by atoms with van der Waals surface area (Å²) in [5, 5.41) is 0.145. The molecule has 1 aromatic carbocycles. The molecule has 0 saturated carbocycles. The Morgan fingerprint density at radius 1 is 0.933 bits per heavy atom. The van der Waals surface area contributed by atoms with Crippen LogP contribution in [0, 0.1) is 18.1 Å². The summed E-state index contributed by atoms with van der Waals surface area (Å²) in [6.45, 7) is 1.72. The fraction of sp³-hybridized carbons (Fsp3) is 0.111. The third kappa shape index (κ3) is 5.27. The summed E-state index contributed by atoms with van der Waals surface area (Å²) in [4.78, 5) is 0. The maximum absolute atomic E-state index is 11.8. The average Bonchev–Trinajstić information content (AvgIpc) is 2.00. The first kappa shape index (κ1) is 11.9. The van der Waals surface area contributed by atoms with Gasteiger partial charge in [-0.3, -0.25) is 0 Å². The molecule has 0 nitrogen and oxygen atoms in total. The summed E-state index contributed by atoms with van der Waals surface area (Å²) >= 11 is 0. The van der Waals surface area contributed by atoms with E-state index in [-0.39, 0.29) is 10.8 Å². The van der Waals surface area contributed by atoms with Crippen LogP contribution in [0.2, 0.25) is 0 Å². The van der Waals surface area contributed by atoms with Crippen molar-refractivity contribution < 1.29 is 19.4 Å². The van der Waals surface area contributed by atoms with Crippen molar-refractivity contribution in [3.05, 3.63) is 35.4 Å². The van der Waals surface area contributed by atoms with Crippen molar-refractivity contribution in [2.75, 3.05) is 0 Å². The molecule has 6 heteroatoms. The number of halogens is 5. The zero-order valence-electron chi connectivity index (χ0n) is 7.61. The van der Waals surface area contributed by atoms with E-state index in [1.165, 1.54) is 30.2 Å². The third-order valence-electron chi connectivity index (χ3n) is 1.44. The molecular weight excluding hydrogens is 235 g/mol. The average molecular weight is 242 g/mol. The van der Waals surface area contributed by atoms with Gasteiger partial charge in [0.05, 0.1) is 5.25 Å². The van der Waals surface area contributed by atoms with Gasteiger partial charge in [0.25, 0.3) is 0 Å². The smallest absolute Gasteiger partial charge is 0.0873 e. The van der Waals surface area contributed by atoms with Gasteiger partial charge in [-0.2, -0.15) is 0 Å². The van der Waals surface area contributed by atoms with Crippen molar-refractivity contribution in [2.45, 2.75) is 6.92 Å². The van der Waals surface area contributed by atoms with Gasteiger partial charge in [0, 0.05) is 5.56 Å². The fourth-order valence-corrected chi connectivity index (χ4v) is 1.10. The highest BCUT2D eigenvalue weighted by atomic mass is 32.5. The Morgan fingerprint density at radius 3 is 1.80 bits per heavy atom. The van der Waals surface area contributed by atoms with E-state index in [9.17, 15) is 19.4 Å². The standard InChI is InChI=1S/C9H7F5S/c1-8-2-4-9(5-3-8)6-7-15(10,11,12,13)14/h2-5H,1H3. The molecule has 0 atom stereocenters. The van der Waals surface area contributed by atoms with Crippen molar-refractivity contribution in [1.82, 2.24) is 0 Å². The molecule has 0 saturated heterocycles. The highest BCUT2D eigenvalue weighted by molar-refractivity contribution is 8.49. The lowest BCUT2D eigenvalue weighted by Crippen LogP contribution is -1.99. The van der Waals surface area contributed by atoms with Crippen molar-refractivity contribution >= 4 is 10.2 Å². The van der Waals surface area contributed by atoms with Gasteiger partial charge in [-0.1, -0.05) is 37.1 Å². The molecule has 1 rings (SSSR count). The maximum Gasteiger partial charge on any atom is 0.345 e. The normalized spacial score (nSPS) is 15.9. The highest BCUT2D eigenvalue weighted by Crippen LogP contribution is 2.97. The van der Waals surface area contributed by atoms with Gasteiger partial charge in [-0.05, 0) is 25.0 Å². The zero-order chi connectivity index (χ0) is 11.8. The summed E-state index contributed by atoms with van der Waals surface area (Å²) < 4.78 is 59.0. The van der Waals surface area contributed by atoms with Crippen LogP contribution in [0.5, 0.6) is 0 Å². The van der Waals surface area contributed by atoms with Gasteiger partial charge < -0.3 is 0 Å². The van der Waals surface area contributed by atoms with Gasteiger partial charge in [0.1, 0.15) is 0 Å². The van der Waals surface area contributed by atoms with Crippen LogP contribution >= 0.6 is 10.2 Å². The van der Waals surface area contributed by atoms with Crippen LogP contribution in [0.1, 0.15) is 11.1 Å². The van der Waals surface area contributed by atoms with Crippen molar-refractivity contribution in [2.24, 2.45) is 0 Å². The SMILES string of the molecule is Cc1ccc(C#CS(F)(F)(F)(F)F)cc1. The Morgan fingerprint density at radius 2 is 1.40 bits per heavy atom. The van der Waals surface area contributed by atoms with Crippen LogP contribution in [0.25, 0.3) is 0 Å². The number of hydrogen-bond acceptors (Lipinski definition) is 0. The van der Waals surface area contributed by atoms with Crippen LogP contribution in [-0.4, -0.2) is 0 Å². The van der Waals surface area contributed by atoms with Crippen molar-refractivity contribution in [3.63, 3.8) is 0 Å². The molecule has 0 bridgehead atoms. The second kappa shape index (κ2) is 2.67. The molecule has 0 heterocycles. The van der Waals surface area contributed by atoms with E-state index in [1.807, 2.05) is 0 Å². The number of benzene rings is 1. The lowest BCUT2D eigenvalue weighted by molar-refractivity contribution is 0.389. The Hall–Kier alpha value is -1.22. The quantitative estimate of drug-likeness (QED) is 0.460. The van der Waals surface area contributed by atoms with Gasteiger partial charge >= 0.3 is 10.2 Å². The molecule has 0 aliphatic rings. The van der Waals surface area contributed by atoms with E-state index in [1.54, 1.807) is 6.92 Å². The molecule has 0 amide bonds. The van der Waals surface area contributed by atoms with Crippen molar-refractivity contribution in [1.29, 1.82) is 0 Å². The summed E-state index contributed by atoms with van der Waals surface area (Å²) in [7, 11) is -9.60. The number of rotatable bonds is 0. The molecule has 0 radical (unpaired) electrons. The molecule has 0 aromatic heterocycles. The molecule has 0 spiro atoms. The summed E-state index contributed by atoms with van der Waals surface area (Å²) in [6.07, 6.45) is 0. The van der Waals surface area contributed by atoms with E-state index in [0.29, 0.717) is 0 Å². The lowest BCUT2D eigenvalue weighted by Gasteiger charge is -2.33. The Balaban J connectivity index is 3.09. The molecule has 0 unspecified atom stereocenters. The minimum Gasteiger partial charge on any atom is -0.0873 e. The van der Waals surface area contributed by atoms with Gasteiger partial charge in [0.15, 0.2) is 0 Å². The molecule has 1 aromatic rings. The zero-order valence-corrected chi connectivity index (χ0v) is 8.42. The van der Waals surface area contributed by atoms with Crippen LogP contribution in [0.3, 0.4) is 0 Å². The summed E-state index contributed by atoms with van der Waals surface area (Å²) in [5.74, 6) is 1.42. The molecule has 0 aliphatic heterocycles. The van der Waals surface area contributed by atoms with Gasteiger partial charge in [0.2, 0.25) is 0 Å². The maximum atomic E-state index is 11.8. The van der Waals surface area contributed by atoms with Crippen molar-refractivity contribution in [3.8, 4) is 11.2 Å². The topological polar surface area (TPSA) is 0 Å². The minimum atomic E-state index is -9.60. The molecular formula is C9H7F5S. The monoisotopic (exact) mass is 242 g/mol. The predicted octanol–water partition coefficient (Wildman–Crippen LogP) is 4.60. The van der Waals surface area contributed by atoms with Gasteiger partial charge in [-0.15, -0.1) is 0 Å². The first-order valence-corrected chi connectivity index (χ1v) is 5.75. The van der Waals surface area contributed by atoms with Crippen LogP contribution in [-0.2, 0) is 0 Å². The second-order valence-electron chi connectivity index (χ2n) is 3.06. The van der Waals surface area contributed by atoms with Crippen LogP contribution in [0.4, 0.5) is 19.4 Å². The molecule has 84 valence electrons. The highest BCUT2D eigenvalue weighted by Gasteiger charge is 2.62. The minimum absolute atomic E-state index is 0.0890. The number of aryl methyl sites for hydroxylation is 1. The van der Waals surface area contributed by atoms with E-state index < -0.39 is 10.2 Å². The predicted molar refractivity (Wildman–Crippen MR) is 51.2 cm³/mol. The van der Waals surface area contributed by atoms with E-state index >= 15 is 0 Å². The Kier molecular flexibility index (Phi) is 2.11. The first-order valence-electron chi connectivity index (χ1n) is 3.80. The molecule has 0 N–H and O–H groups in total. The van der Waals surface area contributed by atoms with Crippen LogP contribution in [0.15, 0.2) is 24.3 Å². The van der Waals surface area contributed by atoms with Gasteiger partial charge in [-0.25, -0.2) is 0 Å².